The van der Waals surface area contributed by atoms with Crippen molar-refractivity contribution in [2.75, 3.05) is 5.32 Å². The zero-order chi connectivity index (χ0) is 14.3. The second kappa shape index (κ2) is 4.85. The summed E-state index contributed by atoms with van der Waals surface area (Å²) in [4.78, 5) is 12.0. The van der Waals surface area contributed by atoms with Gasteiger partial charge in [0.2, 0.25) is 0 Å². The van der Waals surface area contributed by atoms with Crippen LogP contribution in [0.25, 0.3) is 11.6 Å². The van der Waals surface area contributed by atoms with Gasteiger partial charge in [-0.3, -0.25) is 4.79 Å². The van der Waals surface area contributed by atoms with E-state index in [2.05, 4.69) is 5.32 Å². The van der Waals surface area contributed by atoms with Crippen LogP contribution in [0.4, 0.5) is 5.69 Å². The number of nitrogens with one attached hydrogen (secondary N) is 1. The Hall–Kier alpha value is -1.97. The number of anilines is 1. The molecule has 1 aliphatic rings. The molecule has 0 saturated carbocycles. The lowest BCUT2D eigenvalue weighted by atomic mass is 10.0. The molecule has 3 nitrogen and oxygen atoms in total. The molecule has 2 aromatic carbocycles. The third kappa shape index (κ3) is 2.26. The van der Waals surface area contributed by atoms with Gasteiger partial charge in [-0.2, -0.15) is 0 Å². The van der Waals surface area contributed by atoms with Gasteiger partial charge in [-0.1, -0.05) is 35.3 Å². The fourth-order valence-corrected chi connectivity index (χ4v) is 2.45. The Morgan fingerprint density at radius 2 is 1.90 bits per heavy atom. The van der Waals surface area contributed by atoms with E-state index in [1.165, 1.54) is 6.07 Å². The van der Waals surface area contributed by atoms with Gasteiger partial charge in [-0.05, 0) is 35.9 Å². The number of rotatable bonds is 1. The summed E-state index contributed by atoms with van der Waals surface area (Å²) in [5.74, 6) is -0.177. The van der Waals surface area contributed by atoms with Crippen LogP contribution in [0.15, 0.2) is 36.4 Å². The van der Waals surface area contributed by atoms with Gasteiger partial charge < -0.3 is 10.4 Å². The van der Waals surface area contributed by atoms with Crippen LogP contribution in [0.5, 0.6) is 5.75 Å². The summed E-state index contributed by atoms with van der Waals surface area (Å²) < 4.78 is 0. The Balaban J connectivity index is 2.08. The maximum Gasteiger partial charge on any atom is 0.256 e. The van der Waals surface area contributed by atoms with Crippen LogP contribution in [-0.2, 0) is 4.79 Å². The van der Waals surface area contributed by atoms with E-state index < -0.39 is 0 Å². The first-order valence-corrected chi connectivity index (χ1v) is 6.62. The Bertz CT molecular complexity index is 754. The monoisotopic (exact) mass is 305 g/mol. The van der Waals surface area contributed by atoms with Crippen molar-refractivity contribution < 1.29 is 9.90 Å². The number of amides is 1. The van der Waals surface area contributed by atoms with E-state index in [9.17, 15) is 9.90 Å². The lowest BCUT2D eigenvalue weighted by molar-refractivity contribution is -0.110. The van der Waals surface area contributed by atoms with Crippen molar-refractivity contribution in [2.45, 2.75) is 0 Å². The number of hydrogen-bond acceptors (Lipinski definition) is 2. The predicted molar refractivity (Wildman–Crippen MR) is 81.1 cm³/mol. The number of carbonyl (C=O) groups excluding carboxylic acids is 1. The highest BCUT2D eigenvalue weighted by Crippen LogP contribution is 2.35. The minimum atomic E-state index is -0.188. The van der Waals surface area contributed by atoms with E-state index in [0.717, 1.165) is 11.1 Å². The molecule has 1 heterocycles. The summed E-state index contributed by atoms with van der Waals surface area (Å²) in [6.45, 7) is 0. The fourth-order valence-electron chi connectivity index (χ4n) is 2.09. The average Bonchev–Trinajstić information content (AvgIpc) is 2.69. The van der Waals surface area contributed by atoms with Gasteiger partial charge in [0.1, 0.15) is 5.75 Å². The molecule has 0 aliphatic carbocycles. The molecular formula is C15H9Cl2NO2. The summed E-state index contributed by atoms with van der Waals surface area (Å²) in [6, 6.07) is 10.0. The van der Waals surface area contributed by atoms with E-state index in [1.54, 1.807) is 36.4 Å². The van der Waals surface area contributed by atoms with Gasteiger partial charge in [0.15, 0.2) is 0 Å². The molecule has 20 heavy (non-hydrogen) atoms. The normalized spacial score (nSPS) is 15.3. The highest BCUT2D eigenvalue weighted by molar-refractivity contribution is 6.37. The smallest absolute Gasteiger partial charge is 0.256 e. The summed E-state index contributed by atoms with van der Waals surface area (Å²) in [7, 11) is 0. The number of hydrogen-bond donors (Lipinski definition) is 2. The Kier molecular flexibility index (Phi) is 3.16. The number of carbonyl (C=O) groups is 1. The SMILES string of the molecule is O=C1Nc2cc(Cl)ccc2/C1=C/c1ccc(O)c(Cl)c1. The topological polar surface area (TPSA) is 49.3 Å². The highest BCUT2D eigenvalue weighted by Gasteiger charge is 2.24. The van der Waals surface area contributed by atoms with Gasteiger partial charge in [-0.25, -0.2) is 0 Å². The number of phenols is 1. The predicted octanol–water partition coefficient (Wildman–Crippen LogP) is 4.19. The molecular weight excluding hydrogens is 297 g/mol. The van der Waals surface area contributed by atoms with E-state index in [4.69, 9.17) is 23.2 Å². The van der Waals surface area contributed by atoms with Gasteiger partial charge in [0.25, 0.3) is 5.91 Å². The van der Waals surface area contributed by atoms with Crippen molar-refractivity contribution in [3.63, 3.8) is 0 Å². The largest absolute Gasteiger partial charge is 0.506 e. The quantitative estimate of drug-likeness (QED) is 0.776. The molecule has 100 valence electrons. The standard InChI is InChI=1S/C15H9Cl2NO2/c16-9-2-3-10-11(15(20)18-13(10)7-9)5-8-1-4-14(19)12(17)6-8/h1-7,19H,(H,18,20)/b11-5-. The number of benzene rings is 2. The molecule has 0 bridgehead atoms. The minimum Gasteiger partial charge on any atom is -0.506 e. The Morgan fingerprint density at radius 1 is 1.10 bits per heavy atom. The molecule has 0 aromatic heterocycles. The molecule has 1 amide bonds. The fraction of sp³-hybridized carbons (Fsp3) is 0. The second-order valence-electron chi connectivity index (χ2n) is 4.41. The van der Waals surface area contributed by atoms with Crippen molar-refractivity contribution >= 4 is 46.4 Å². The number of phenolic OH excluding ortho intramolecular Hbond substituents is 1. The lowest BCUT2D eigenvalue weighted by Crippen LogP contribution is -2.03. The van der Waals surface area contributed by atoms with Crippen molar-refractivity contribution in [1.82, 2.24) is 0 Å². The summed E-state index contributed by atoms with van der Waals surface area (Å²) >= 11 is 11.8. The summed E-state index contributed by atoms with van der Waals surface area (Å²) in [6.07, 6.45) is 1.72. The first-order chi connectivity index (χ1) is 9.54. The van der Waals surface area contributed by atoms with Crippen LogP contribution < -0.4 is 5.32 Å². The van der Waals surface area contributed by atoms with Crippen LogP contribution >= 0.6 is 23.2 Å². The lowest BCUT2D eigenvalue weighted by Gasteiger charge is -2.01. The summed E-state index contributed by atoms with van der Waals surface area (Å²) in [5.41, 5.74) is 2.77. The van der Waals surface area contributed by atoms with Gasteiger partial charge in [0, 0.05) is 16.2 Å². The molecule has 0 unspecified atom stereocenters. The maximum atomic E-state index is 12.0. The van der Waals surface area contributed by atoms with Gasteiger partial charge in [-0.15, -0.1) is 0 Å². The van der Waals surface area contributed by atoms with Crippen LogP contribution in [0, 0.1) is 0 Å². The molecule has 2 N–H and O–H groups in total. The molecule has 3 rings (SSSR count). The average molecular weight is 306 g/mol. The van der Waals surface area contributed by atoms with Gasteiger partial charge >= 0.3 is 0 Å². The van der Waals surface area contributed by atoms with Crippen molar-refractivity contribution in [3.8, 4) is 5.75 Å². The zero-order valence-corrected chi connectivity index (χ0v) is 11.7. The number of halogens is 2. The molecule has 0 fully saturated rings. The minimum absolute atomic E-state index is 0.0110. The van der Waals surface area contributed by atoms with E-state index >= 15 is 0 Å². The van der Waals surface area contributed by atoms with Crippen molar-refractivity contribution in [3.05, 3.63) is 57.6 Å². The molecule has 0 radical (unpaired) electrons. The first kappa shape index (κ1) is 13.0. The van der Waals surface area contributed by atoms with E-state index in [1.807, 2.05) is 0 Å². The highest BCUT2D eigenvalue weighted by atomic mass is 35.5. The number of aromatic hydroxyl groups is 1. The molecule has 0 spiro atoms. The van der Waals surface area contributed by atoms with E-state index in [-0.39, 0.29) is 16.7 Å². The molecule has 0 saturated heterocycles. The first-order valence-electron chi connectivity index (χ1n) is 5.86. The molecule has 0 atom stereocenters. The third-order valence-electron chi connectivity index (χ3n) is 3.05. The molecule has 5 heteroatoms. The summed E-state index contributed by atoms with van der Waals surface area (Å²) in [5, 5.41) is 13.0. The molecule has 2 aromatic rings. The zero-order valence-electron chi connectivity index (χ0n) is 10.2. The maximum absolute atomic E-state index is 12.0. The van der Waals surface area contributed by atoms with E-state index in [0.29, 0.717) is 16.3 Å². The molecule has 1 aliphatic heterocycles. The Labute approximate surface area is 125 Å². The third-order valence-corrected chi connectivity index (χ3v) is 3.59. The van der Waals surface area contributed by atoms with Crippen LogP contribution in [0.3, 0.4) is 0 Å². The van der Waals surface area contributed by atoms with Crippen LogP contribution in [0.1, 0.15) is 11.1 Å². The number of fused-ring (bicyclic) bond motifs is 1. The van der Waals surface area contributed by atoms with Gasteiger partial charge in [0.05, 0.1) is 10.7 Å². The van der Waals surface area contributed by atoms with Crippen LogP contribution in [0.2, 0.25) is 10.0 Å². The van der Waals surface area contributed by atoms with Crippen LogP contribution in [-0.4, -0.2) is 11.0 Å². The van der Waals surface area contributed by atoms with Crippen molar-refractivity contribution in [1.29, 1.82) is 0 Å². The Morgan fingerprint density at radius 3 is 2.65 bits per heavy atom. The second-order valence-corrected chi connectivity index (χ2v) is 5.26. The van der Waals surface area contributed by atoms with Crippen molar-refractivity contribution in [2.24, 2.45) is 0 Å².